The van der Waals surface area contributed by atoms with Crippen molar-refractivity contribution in [3.05, 3.63) is 0 Å². The number of likely N-dealkylation sites (N-methyl/N-ethyl adjacent to an activating group) is 1. The van der Waals surface area contributed by atoms with Gasteiger partial charge in [0.15, 0.2) is 0 Å². The summed E-state index contributed by atoms with van der Waals surface area (Å²) in [6.45, 7) is 2.93. The van der Waals surface area contributed by atoms with Gasteiger partial charge >= 0.3 is 0 Å². The molecule has 4 heteroatoms. The molecule has 4 nitrogen and oxygen atoms in total. The first-order valence-corrected chi connectivity index (χ1v) is 4.41. The second-order valence-electron chi connectivity index (χ2n) is 3.32. The summed E-state index contributed by atoms with van der Waals surface area (Å²) in [5, 5.41) is 8.57. The Hall–Kier alpha value is -1.08. The van der Waals surface area contributed by atoms with Gasteiger partial charge in [0, 0.05) is 13.7 Å². The fraction of sp³-hybridized carbons (Fsp3) is 0.778. The van der Waals surface area contributed by atoms with Crippen molar-refractivity contribution < 1.29 is 9.53 Å². The van der Waals surface area contributed by atoms with Crippen molar-refractivity contribution >= 4 is 5.91 Å². The van der Waals surface area contributed by atoms with Gasteiger partial charge in [-0.15, -0.1) is 0 Å². The van der Waals surface area contributed by atoms with Crippen molar-refractivity contribution in [2.24, 2.45) is 5.92 Å². The normalized spacial score (nSPS) is 23.6. The van der Waals surface area contributed by atoms with Crippen molar-refractivity contribution in [3.63, 3.8) is 0 Å². The van der Waals surface area contributed by atoms with E-state index in [-0.39, 0.29) is 11.9 Å². The summed E-state index contributed by atoms with van der Waals surface area (Å²) in [7, 11) is 1.73. The third kappa shape index (κ3) is 2.19. The Kier molecular flexibility index (Phi) is 3.26. The minimum absolute atomic E-state index is 0.113. The maximum Gasteiger partial charge on any atom is 0.239 e. The van der Waals surface area contributed by atoms with Crippen molar-refractivity contribution in [2.75, 3.05) is 20.3 Å². The van der Waals surface area contributed by atoms with Crippen molar-refractivity contribution in [1.82, 2.24) is 4.90 Å². The van der Waals surface area contributed by atoms with Crippen LogP contribution in [0.4, 0.5) is 0 Å². The molecule has 1 amide bonds. The lowest BCUT2D eigenvalue weighted by Gasteiger charge is -2.23. The van der Waals surface area contributed by atoms with Gasteiger partial charge in [-0.1, -0.05) is 0 Å². The van der Waals surface area contributed by atoms with Gasteiger partial charge in [-0.05, 0) is 13.3 Å². The molecule has 1 fully saturated rings. The van der Waals surface area contributed by atoms with Crippen molar-refractivity contribution in [3.8, 4) is 6.07 Å². The van der Waals surface area contributed by atoms with E-state index in [1.165, 1.54) is 0 Å². The van der Waals surface area contributed by atoms with Crippen LogP contribution >= 0.6 is 0 Å². The summed E-state index contributed by atoms with van der Waals surface area (Å²) < 4.78 is 5.16. The fourth-order valence-electron chi connectivity index (χ4n) is 1.37. The van der Waals surface area contributed by atoms with Crippen LogP contribution in [0, 0.1) is 17.2 Å². The average Bonchev–Trinajstić information content (AvgIpc) is 2.67. The molecule has 2 unspecified atom stereocenters. The van der Waals surface area contributed by atoms with Gasteiger partial charge in [0.2, 0.25) is 5.91 Å². The average molecular weight is 182 g/mol. The molecule has 0 spiro atoms. The predicted molar refractivity (Wildman–Crippen MR) is 46.8 cm³/mol. The summed E-state index contributed by atoms with van der Waals surface area (Å²) in [5.41, 5.74) is 0. The number of hydrogen-bond donors (Lipinski definition) is 0. The van der Waals surface area contributed by atoms with E-state index in [1.54, 1.807) is 18.9 Å². The third-order valence-corrected chi connectivity index (χ3v) is 2.37. The lowest BCUT2D eigenvalue weighted by Crippen LogP contribution is -2.40. The zero-order valence-corrected chi connectivity index (χ0v) is 7.99. The Labute approximate surface area is 78.1 Å². The maximum atomic E-state index is 11.5. The highest BCUT2D eigenvalue weighted by molar-refractivity contribution is 5.80. The Morgan fingerprint density at radius 2 is 2.46 bits per heavy atom. The summed E-state index contributed by atoms with van der Waals surface area (Å²) in [6, 6.07) is 2.09. The molecule has 0 saturated carbocycles. The Morgan fingerprint density at radius 1 is 1.77 bits per heavy atom. The maximum absolute atomic E-state index is 11.5. The zero-order valence-electron chi connectivity index (χ0n) is 7.99. The Morgan fingerprint density at radius 3 is 2.92 bits per heavy atom. The van der Waals surface area contributed by atoms with Crippen LogP contribution in [0.3, 0.4) is 0 Å². The summed E-state index contributed by atoms with van der Waals surface area (Å²) in [4.78, 5) is 13.1. The number of rotatable bonds is 2. The van der Waals surface area contributed by atoms with Gasteiger partial charge in [-0.3, -0.25) is 4.79 Å². The molecule has 1 heterocycles. The van der Waals surface area contributed by atoms with Crippen LogP contribution in [0.25, 0.3) is 0 Å². The minimum Gasteiger partial charge on any atom is -0.379 e. The largest absolute Gasteiger partial charge is 0.379 e. The SMILES string of the molecule is CC(C#N)C(=O)N(C)C1CCOC1. The predicted octanol–water partition coefficient (Wildman–Crippen LogP) is 0.393. The highest BCUT2D eigenvalue weighted by atomic mass is 16.5. The lowest BCUT2D eigenvalue weighted by molar-refractivity contribution is -0.134. The van der Waals surface area contributed by atoms with Gasteiger partial charge in [0.1, 0.15) is 5.92 Å². The zero-order chi connectivity index (χ0) is 9.84. The van der Waals surface area contributed by atoms with Crippen LogP contribution in [0.2, 0.25) is 0 Å². The van der Waals surface area contributed by atoms with Crippen LogP contribution in [0.1, 0.15) is 13.3 Å². The second kappa shape index (κ2) is 4.24. The fourth-order valence-corrected chi connectivity index (χ4v) is 1.37. The van der Waals surface area contributed by atoms with Gasteiger partial charge in [0.25, 0.3) is 0 Å². The summed E-state index contributed by atoms with van der Waals surface area (Å²) in [5.74, 6) is -0.663. The molecular weight excluding hydrogens is 168 g/mol. The number of nitriles is 1. The number of hydrogen-bond acceptors (Lipinski definition) is 3. The van der Waals surface area contributed by atoms with Gasteiger partial charge < -0.3 is 9.64 Å². The molecule has 1 saturated heterocycles. The van der Waals surface area contributed by atoms with Gasteiger partial charge in [-0.2, -0.15) is 5.26 Å². The molecule has 0 radical (unpaired) electrons. The highest BCUT2D eigenvalue weighted by Gasteiger charge is 2.26. The van der Waals surface area contributed by atoms with Crippen LogP contribution in [0.5, 0.6) is 0 Å². The smallest absolute Gasteiger partial charge is 0.239 e. The first-order chi connectivity index (χ1) is 6.16. The van der Waals surface area contributed by atoms with Crippen LogP contribution in [0.15, 0.2) is 0 Å². The van der Waals surface area contributed by atoms with E-state index in [0.717, 1.165) is 6.42 Å². The lowest BCUT2D eigenvalue weighted by atomic mass is 10.1. The molecule has 0 aromatic rings. The molecule has 0 N–H and O–H groups in total. The molecule has 0 aromatic carbocycles. The molecule has 0 aromatic heterocycles. The Balaban J connectivity index is 2.51. The van der Waals surface area contributed by atoms with Crippen molar-refractivity contribution in [1.29, 1.82) is 5.26 Å². The first-order valence-electron chi connectivity index (χ1n) is 4.41. The van der Waals surface area contributed by atoms with E-state index < -0.39 is 5.92 Å². The van der Waals surface area contributed by atoms with Gasteiger partial charge in [0.05, 0.1) is 18.7 Å². The topological polar surface area (TPSA) is 53.3 Å². The number of ether oxygens (including phenoxy) is 1. The van der Waals surface area contributed by atoms with E-state index in [0.29, 0.717) is 13.2 Å². The molecule has 13 heavy (non-hydrogen) atoms. The van der Waals surface area contributed by atoms with E-state index in [2.05, 4.69) is 0 Å². The highest BCUT2D eigenvalue weighted by Crippen LogP contribution is 2.12. The molecule has 1 rings (SSSR count). The van der Waals surface area contributed by atoms with Crippen molar-refractivity contribution in [2.45, 2.75) is 19.4 Å². The molecule has 72 valence electrons. The van der Waals surface area contributed by atoms with Crippen LogP contribution in [-0.2, 0) is 9.53 Å². The summed E-state index contributed by atoms with van der Waals surface area (Å²) >= 11 is 0. The minimum atomic E-state index is -0.550. The number of carbonyl (C=O) groups is 1. The van der Waals surface area contributed by atoms with Crippen LogP contribution in [-0.4, -0.2) is 37.1 Å². The first kappa shape index (κ1) is 10.0. The molecule has 1 aliphatic rings. The third-order valence-electron chi connectivity index (χ3n) is 2.37. The van der Waals surface area contributed by atoms with E-state index in [9.17, 15) is 4.79 Å². The van der Waals surface area contributed by atoms with E-state index in [1.807, 2.05) is 6.07 Å². The van der Waals surface area contributed by atoms with E-state index >= 15 is 0 Å². The molecular formula is C9H14N2O2. The molecule has 1 aliphatic heterocycles. The standard InChI is InChI=1S/C9H14N2O2/c1-7(5-10)9(12)11(2)8-3-4-13-6-8/h7-8H,3-4,6H2,1-2H3. The molecule has 2 atom stereocenters. The number of carbonyl (C=O) groups excluding carboxylic acids is 1. The van der Waals surface area contributed by atoms with Gasteiger partial charge in [-0.25, -0.2) is 0 Å². The number of amides is 1. The van der Waals surface area contributed by atoms with Crippen LogP contribution < -0.4 is 0 Å². The Bertz CT molecular complexity index is 228. The van der Waals surface area contributed by atoms with E-state index in [4.69, 9.17) is 10.00 Å². The summed E-state index contributed by atoms with van der Waals surface area (Å²) in [6.07, 6.45) is 0.875. The monoisotopic (exact) mass is 182 g/mol. The second-order valence-corrected chi connectivity index (χ2v) is 3.32. The quantitative estimate of drug-likeness (QED) is 0.621. The number of nitrogens with zero attached hydrogens (tertiary/aromatic N) is 2. The molecule has 0 bridgehead atoms. The molecule has 0 aliphatic carbocycles.